The van der Waals surface area contributed by atoms with Crippen LogP contribution in [0.2, 0.25) is 0 Å². The van der Waals surface area contributed by atoms with E-state index in [2.05, 4.69) is 5.32 Å². The van der Waals surface area contributed by atoms with Gasteiger partial charge in [-0.05, 0) is 31.0 Å². The summed E-state index contributed by atoms with van der Waals surface area (Å²) in [7, 11) is -3.35. The molecule has 2 N–H and O–H groups in total. The molecule has 1 aromatic carbocycles. The molecule has 0 aliphatic carbocycles. The lowest BCUT2D eigenvalue weighted by atomic mass is 10.1. The Labute approximate surface area is 124 Å². The highest BCUT2D eigenvalue weighted by molar-refractivity contribution is 7.90. The zero-order chi connectivity index (χ0) is 16.0. The molecule has 0 saturated heterocycles. The summed E-state index contributed by atoms with van der Waals surface area (Å²) < 4.78 is 22.8. The molecule has 1 amide bonds. The fourth-order valence-corrected chi connectivity index (χ4v) is 2.37. The third-order valence-corrected chi connectivity index (χ3v) is 4.16. The van der Waals surface area contributed by atoms with E-state index in [0.29, 0.717) is 19.4 Å². The molecule has 0 spiro atoms. The number of hydrogen-bond acceptors (Lipinski definition) is 4. The zero-order valence-corrected chi connectivity index (χ0v) is 12.8. The Balaban J connectivity index is 2.55. The van der Waals surface area contributed by atoms with Gasteiger partial charge in [0, 0.05) is 18.4 Å². The van der Waals surface area contributed by atoms with Crippen molar-refractivity contribution in [3.63, 3.8) is 0 Å². The van der Waals surface area contributed by atoms with Crippen molar-refractivity contribution in [2.24, 2.45) is 5.92 Å². The van der Waals surface area contributed by atoms with Crippen LogP contribution >= 0.6 is 0 Å². The van der Waals surface area contributed by atoms with Crippen molar-refractivity contribution in [2.75, 3.05) is 12.8 Å². The highest BCUT2D eigenvalue weighted by Gasteiger charge is 2.12. The van der Waals surface area contributed by atoms with E-state index in [1.807, 2.05) is 0 Å². The van der Waals surface area contributed by atoms with Gasteiger partial charge in [-0.1, -0.05) is 13.0 Å². The first-order chi connectivity index (χ1) is 9.71. The van der Waals surface area contributed by atoms with E-state index in [9.17, 15) is 18.0 Å². The normalized spacial score (nSPS) is 12.7. The number of aliphatic carboxylic acids is 1. The fraction of sp³-hybridized carbons (Fsp3) is 0.429. The van der Waals surface area contributed by atoms with Crippen LogP contribution in [-0.2, 0) is 14.6 Å². The van der Waals surface area contributed by atoms with Gasteiger partial charge in [0.25, 0.3) is 5.91 Å². The first-order valence-corrected chi connectivity index (χ1v) is 8.42. The van der Waals surface area contributed by atoms with Crippen molar-refractivity contribution in [3.8, 4) is 0 Å². The summed E-state index contributed by atoms with van der Waals surface area (Å²) in [6.07, 6.45) is 2.10. The standard InChI is InChI=1S/C14H19NO5S/c1-10(14(17)18)5-4-8-15-13(16)11-6-3-7-12(9-11)21(2,19)20/h3,6-7,9-10H,4-5,8H2,1-2H3,(H,15,16)(H,17,18). The van der Waals surface area contributed by atoms with E-state index in [0.717, 1.165) is 6.26 Å². The van der Waals surface area contributed by atoms with Crippen LogP contribution in [0.3, 0.4) is 0 Å². The van der Waals surface area contributed by atoms with Crippen LogP contribution in [-0.4, -0.2) is 38.2 Å². The molecule has 0 aliphatic heterocycles. The van der Waals surface area contributed by atoms with Crippen molar-refractivity contribution < 1.29 is 23.1 Å². The van der Waals surface area contributed by atoms with Gasteiger partial charge >= 0.3 is 5.97 Å². The summed E-state index contributed by atoms with van der Waals surface area (Å²) in [6.45, 7) is 1.96. The first kappa shape index (κ1) is 17.2. The molecule has 0 aromatic heterocycles. The van der Waals surface area contributed by atoms with E-state index < -0.39 is 21.7 Å². The highest BCUT2D eigenvalue weighted by Crippen LogP contribution is 2.11. The van der Waals surface area contributed by atoms with Crippen molar-refractivity contribution >= 4 is 21.7 Å². The minimum Gasteiger partial charge on any atom is -0.481 e. The van der Waals surface area contributed by atoms with Crippen LogP contribution < -0.4 is 5.32 Å². The van der Waals surface area contributed by atoms with Gasteiger partial charge in [-0.25, -0.2) is 8.42 Å². The van der Waals surface area contributed by atoms with E-state index >= 15 is 0 Å². The number of amides is 1. The molecule has 116 valence electrons. The van der Waals surface area contributed by atoms with Gasteiger partial charge < -0.3 is 10.4 Å². The monoisotopic (exact) mass is 313 g/mol. The number of carboxylic acids is 1. The SMILES string of the molecule is CC(CCCNC(=O)c1cccc(S(C)(=O)=O)c1)C(=O)O. The fourth-order valence-electron chi connectivity index (χ4n) is 1.70. The highest BCUT2D eigenvalue weighted by atomic mass is 32.2. The van der Waals surface area contributed by atoms with Gasteiger partial charge in [-0.15, -0.1) is 0 Å². The average molecular weight is 313 g/mol. The number of benzene rings is 1. The van der Waals surface area contributed by atoms with Gasteiger partial charge in [0.2, 0.25) is 0 Å². The first-order valence-electron chi connectivity index (χ1n) is 6.53. The second kappa shape index (κ2) is 7.21. The van der Waals surface area contributed by atoms with Crippen molar-refractivity contribution in [1.82, 2.24) is 5.32 Å². The quantitative estimate of drug-likeness (QED) is 0.739. The van der Waals surface area contributed by atoms with Gasteiger partial charge in [0.05, 0.1) is 10.8 Å². The molecule has 0 radical (unpaired) electrons. The molecule has 0 aliphatic rings. The molecular weight excluding hydrogens is 294 g/mol. The maximum Gasteiger partial charge on any atom is 0.306 e. The van der Waals surface area contributed by atoms with Crippen LogP contribution in [0, 0.1) is 5.92 Å². The number of carbonyl (C=O) groups excluding carboxylic acids is 1. The van der Waals surface area contributed by atoms with Crippen molar-refractivity contribution in [1.29, 1.82) is 0 Å². The molecule has 0 fully saturated rings. The van der Waals surface area contributed by atoms with E-state index in [1.54, 1.807) is 6.92 Å². The molecule has 1 unspecified atom stereocenters. The van der Waals surface area contributed by atoms with Crippen LogP contribution in [0.1, 0.15) is 30.1 Å². The minimum atomic E-state index is -3.35. The number of carbonyl (C=O) groups is 2. The molecule has 1 atom stereocenters. The summed E-state index contributed by atoms with van der Waals surface area (Å²) in [4.78, 5) is 22.6. The Kier molecular flexibility index (Phi) is 5.90. The molecule has 6 nitrogen and oxygen atoms in total. The lowest BCUT2D eigenvalue weighted by Crippen LogP contribution is -2.25. The third-order valence-electron chi connectivity index (χ3n) is 3.05. The largest absolute Gasteiger partial charge is 0.481 e. The third kappa shape index (κ3) is 5.55. The predicted octanol–water partition coefficient (Wildman–Crippen LogP) is 1.32. The summed E-state index contributed by atoms with van der Waals surface area (Å²) in [6, 6.07) is 5.80. The zero-order valence-electron chi connectivity index (χ0n) is 12.0. The Morgan fingerprint density at radius 3 is 2.57 bits per heavy atom. The van der Waals surface area contributed by atoms with Crippen molar-refractivity contribution in [2.45, 2.75) is 24.7 Å². The number of carboxylic acid groups (broad SMARTS) is 1. The molecule has 0 bridgehead atoms. The molecule has 1 aromatic rings. The van der Waals surface area contributed by atoms with Crippen LogP contribution in [0.5, 0.6) is 0 Å². The summed E-state index contributed by atoms with van der Waals surface area (Å²) >= 11 is 0. The maximum absolute atomic E-state index is 11.9. The van der Waals surface area contributed by atoms with Gasteiger partial charge in [0.1, 0.15) is 0 Å². The maximum atomic E-state index is 11.9. The second-order valence-electron chi connectivity index (χ2n) is 4.94. The lowest BCUT2D eigenvalue weighted by Gasteiger charge is -2.08. The van der Waals surface area contributed by atoms with E-state index in [-0.39, 0.29) is 16.4 Å². The molecule has 0 saturated carbocycles. The number of nitrogens with one attached hydrogen (secondary N) is 1. The topological polar surface area (TPSA) is 101 Å². The molecule has 1 rings (SSSR count). The second-order valence-corrected chi connectivity index (χ2v) is 6.95. The summed E-state index contributed by atoms with van der Waals surface area (Å²) in [5.74, 6) is -1.68. The molecule has 21 heavy (non-hydrogen) atoms. The van der Waals surface area contributed by atoms with Gasteiger partial charge in [-0.2, -0.15) is 0 Å². The molecular formula is C14H19NO5S. The predicted molar refractivity (Wildman–Crippen MR) is 77.9 cm³/mol. The van der Waals surface area contributed by atoms with Crippen LogP contribution in [0.4, 0.5) is 0 Å². The number of rotatable bonds is 7. The van der Waals surface area contributed by atoms with E-state index in [4.69, 9.17) is 5.11 Å². The van der Waals surface area contributed by atoms with Gasteiger partial charge in [0.15, 0.2) is 9.84 Å². The van der Waals surface area contributed by atoms with Gasteiger partial charge in [-0.3, -0.25) is 9.59 Å². The number of hydrogen-bond donors (Lipinski definition) is 2. The summed E-state index contributed by atoms with van der Waals surface area (Å²) in [5.41, 5.74) is 0.268. The Morgan fingerprint density at radius 1 is 1.33 bits per heavy atom. The van der Waals surface area contributed by atoms with Crippen molar-refractivity contribution in [3.05, 3.63) is 29.8 Å². The Bertz CT molecular complexity index is 624. The number of sulfone groups is 1. The van der Waals surface area contributed by atoms with Crippen LogP contribution in [0.25, 0.3) is 0 Å². The Morgan fingerprint density at radius 2 is 2.00 bits per heavy atom. The molecule has 0 heterocycles. The van der Waals surface area contributed by atoms with E-state index in [1.165, 1.54) is 24.3 Å². The summed E-state index contributed by atoms with van der Waals surface area (Å²) in [5, 5.41) is 11.4. The average Bonchev–Trinajstić information content (AvgIpc) is 2.42. The molecule has 7 heteroatoms. The minimum absolute atomic E-state index is 0.0923. The van der Waals surface area contributed by atoms with Crippen LogP contribution in [0.15, 0.2) is 29.2 Å². The Hall–Kier alpha value is -1.89. The lowest BCUT2D eigenvalue weighted by molar-refractivity contribution is -0.141. The smallest absolute Gasteiger partial charge is 0.306 e.